The van der Waals surface area contributed by atoms with Crippen LogP contribution in [0.4, 0.5) is 0 Å². The number of hydrogen-bond donors (Lipinski definition) is 3. The monoisotopic (exact) mass is 519 g/mol. The zero-order valence-corrected chi connectivity index (χ0v) is 23.2. The standard InChI is InChI=1S/C28H46ClN5O2/c1-20(2)5-4-6-26(29)25(11-14-31-23-7-9-24(10-8-23)33-21(3)35)27-18-30-19-28(34-27)32-17-22-12-15-36-16-13-22/h11,14,18,20,22-24,28,31-32H,4-10,12-13,15-17,19H2,1-3H3,(H,33,35)/b14-11+,26-25-. The lowest BCUT2D eigenvalue weighted by molar-refractivity contribution is -0.119. The van der Waals surface area contributed by atoms with Gasteiger partial charge in [0.1, 0.15) is 6.17 Å². The molecule has 0 aromatic rings. The van der Waals surface area contributed by atoms with Crippen molar-refractivity contribution in [1.29, 1.82) is 0 Å². The minimum Gasteiger partial charge on any atom is -0.388 e. The van der Waals surface area contributed by atoms with Crippen molar-refractivity contribution in [2.24, 2.45) is 21.8 Å². The largest absolute Gasteiger partial charge is 0.388 e. The highest BCUT2D eigenvalue weighted by molar-refractivity contribution is 6.43. The number of carbonyl (C=O) groups excluding carboxylic acids is 1. The van der Waals surface area contributed by atoms with Gasteiger partial charge in [0.2, 0.25) is 5.91 Å². The molecule has 8 heteroatoms. The van der Waals surface area contributed by atoms with E-state index in [1.807, 2.05) is 12.4 Å². The second-order valence-corrected chi connectivity index (χ2v) is 11.3. The predicted octanol–water partition coefficient (Wildman–Crippen LogP) is 4.72. The van der Waals surface area contributed by atoms with Crippen LogP contribution >= 0.6 is 11.6 Å². The molecule has 0 bridgehead atoms. The molecule has 3 rings (SSSR count). The van der Waals surface area contributed by atoms with Gasteiger partial charge in [-0.05, 0) is 75.5 Å². The number of aliphatic imine (C=N–C) groups is 2. The lowest BCUT2D eigenvalue weighted by atomic mass is 9.91. The number of allylic oxidation sites excluding steroid dienone is 3. The molecule has 3 N–H and O–H groups in total. The lowest BCUT2D eigenvalue weighted by Crippen LogP contribution is -2.40. The van der Waals surface area contributed by atoms with Crippen molar-refractivity contribution in [2.75, 3.05) is 26.3 Å². The Hall–Kier alpha value is -1.70. The Morgan fingerprint density at radius 3 is 2.58 bits per heavy atom. The maximum absolute atomic E-state index is 11.3. The number of amides is 1. The Morgan fingerprint density at radius 2 is 1.89 bits per heavy atom. The van der Waals surface area contributed by atoms with E-state index in [0.717, 1.165) is 93.9 Å². The van der Waals surface area contributed by atoms with Gasteiger partial charge in [0.25, 0.3) is 0 Å². The predicted molar refractivity (Wildman–Crippen MR) is 150 cm³/mol. The number of halogens is 1. The van der Waals surface area contributed by atoms with Crippen LogP contribution in [0.5, 0.6) is 0 Å². The second kappa shape index (κ2) is 15.5. The van der Waals surface area contributed by atoms with Crippen molar-refractivity contribution < 1.29 is 9.53 Å². The summed E-state index contributed by atoms with van der Waals surface area (Å²) in [4.78, 5) is 20.9. The van der Waals surface area contributed by atoms with Crippen LogP contribution in [-0.2, 0) is 9.53 Å². The summed E-state index contributed by atoms with van der Waals surface area (Å²) in [6, 6.07) is 0.705. The van der Waals surface area contributed by atoms with E-state index in [1.165, 1.54) is 0 Å². The first-order chi connectivity index (χ1) is 17.4. The van der Waals surface area contributed by atoms with Crippen LogP contribution in [0.15, 0.2) is 32.9 Å². The first-order valence-corrected chi connectivity index (χ1v) is 14.3. The summed E-state index contributed by atoms with van der Waals surface area (Å²) in [5, 5.41) is 11.1. The van der Waals surface area contributed by atoms with Gasteiger partial charge in [0.15, 0.2) is 0 Å². The fourth-order valence-electron chi connectivity index (χ4n) is 5.06. The molecule has 1 unspecified atom stereocenters. The van der Waals surface area contributed by atoms with Crippen molar-refractivity contribution in [1.82, 2.24) is 16.0 Å². The molecule has 0 spiro atoms. The number of nitrogens with zero attached hydrogens (tertiary/aromatic N) is 2. The SMILES string of the molecule is CC(=O)NC1CCC(N/C=C/C(C2=NC(NCC3CCOCC3)CN=C2)=C(/Cl)CCCC(C)C)CC1. The van der Waals surface area contributed by atoms with Crippen LogP contribution in [0.2, 0.25) is 0 Å². The van der Waals surface area contributed by atoms with Crippen molar-refractivity contribution in [3.8, 4) is 0 Å². The molecule has 1 atom stereocenters. The Kier molecular flexibility index (Phi) is 12.5. The fraction of sp³-hybridized carbons (Fsp3) is 0.750. The molecule has 7 nitrogen and oxygen atoms in total. The van der Waals surface area contributed by atoms with Gasteiger partial charge < -0.3 is 15.4 Å². The zero-order chi connectivity index (χ0) is 25.8. The zero-order valence-electron chi connectivity index (χ0n) is 22.4. The Labute approximate surface area is 222 Å². The molecule has 202 valence electrons. The maximum Gasteiger partial charge on any atom is 0.217 e. The van der Waals surface area contributed by atoms with Gasteiger partial charge in [0.05, 0.1) is 12.3 Å². The van der Waals surface area contributed by atoms with Crippen LogP contribution in [0, 0.1) is 11.8 Å². The molecule has 0 aromatic carbocycles. The Bertz CT molecular complexity index is 809. The summed E-state index contributed by atoms with van der Waals surface area (Å²) in [5.74, 6) is 1.36. The number of carbonyl (C=O) groups is 1. The highest BCUT2D eigenvalue weighted by atomic mass is 35.5. The molecule has 2 heterocycles. The van der Waals surface area contributed by atoms with E-state index in [4.69, 9.17) is 21.3 Å². The molecule has 2 fully saturated rings. The lowest BCUT2D eigenvalue weighted by Gasteiger charge is -2.29. The molecular formula is C28H46ClN5O2. The van der Waals surface area contributed by atoms with Gasteiger partial charge in [-0.15, -0.1) is 0 Å². The van der Waals surface area contributed by atoms with Crippen LogP contribution in [0.3, 0.4) is 0 Å². The highest BCUT2D eigenvalue weighted by Crippen LogP contribution is 2.23. The Morgan fingerprint density at radius 1 is 1.17 bits per heavy atom. The van der Waals surface area contributed by atoms with Gasteiger partial charge in [-0.3, -0.25) is 20.1 Å². The van der Waals surface area contributed by atoms with Crippen LogP contribution in [0.1, 0.15) is 78.6 Å². The number of nitrogens with one attached hydrogen (secondary N) is 3. The minimum absolute atomic E-state index is 0.0200. The summed E-state index contributed by atoms with van der Waals surface area (Å²) in [6.45, 7) is 9.40. The summed E-state index contributed by atoms with van der Waals surface area (Å²) in [5.41, 5.74) is 1.81. The van der Waals surface area contributed by atoms with Crippen molar-refractivity contribution >= 4 is 29.4 Å². The summed E-state index contributed by atoms with van der Waals surface area (Å²) in [6.07, 6.45) is 15.3. The van der Waals surface area contributed by atoms with Gasteiger partial charge in [-0.25, -0.2) is 0 Å². The molecule has 0 radical (unpaired) electrons. The average Bonchev–Trinajstić information content (AvgIpc) is 2.86. The molecule has 36 heavy (non-hydrogen) atoms. The molecular weight excluding hydrogens is 474 g/mol. The molecule has 2 aliphatic heterocycles. The van der Waals surface area contributed by atoms with Gasteiger partial charge in [0, 0.05) is 55.6 Å². The summed E-state index contributed by atoms with van der Waals surface area (Å²) < 4.78 is 5.49. The quantitative estimate of drug-likeness (QED) is 0.325. The third-order valence-corrected chi connectivity index (χ3v) is 7.62. The molecule has 1 saturated heterocycles. The third kappa shape index (κ3) is 10.3. The van der Waals surface area contributed by atoms with E-state index >= 15 is 0 Å². The molecule has 3 aliphatic rings. The van der Waals surface area contributed by atoms with E-state index in [1.54, 1.807) is 6.92 Å². The molecule has 1 aliphatic carbocycles. The topological polar surface area (TPSA) is 87.1 Å². The van der Waals surface area contributed by atoms with Crippen molar-refractivity contribution in [3.63, 3.8) is 0 Å². The third-order valence-electron chi connectivity index (χ3n) is 7.23. The first kappa shape index (κ1) is 28.9. The summed E-state index contributed by atoms with van der Waals surface area (Å²) in [7, 11) is 0. The number of rotatable bonds is 12. The van der Waals surface area contributed by atoms with Gasteiger partial charge >= 0.3 is 0 Å². The van der Waals surface area contributed by atoms with E-state index in [-0.39, 0.29) is 12.1 Å². The van der Waals surface area contributed by atoms with Gasteiger partial charge in [-0.1, -0.05) is 31.9 Å². The smallest absolute Gasteiger partial charge is 0.217 e. The molecule has 0 aromatic heterocycles. The molecule has 1 saturated carbocycles. The van der Waals surface area contributed by atoms with E-state index < -0.39 is 0 Å². The van der Waals surface area contributed by atoms with E-state index in [2.05, 4.69) is 40.9 Å². The number of ether oxygens (including phenoxy) is 1. The minimum atomic E-state index is -0.0200. The van der Waals surface area contributed by atoms with Crippen molar-refractivity contribution in [3.05, 3.63) is 22.9 Å². The number of hydrogen-bond acceptors (Lipinski definition) is 6. The van der Waals surface area contributed by atoms with Crippen LogP contribution < -0.4 is 16.0 Å². The highest BCUT2D eigenvalue weighted by Gasteiger charge is 2.21. The average molecular weight is 520 g/mol. The normalized spacial score (nSPS) is 26.1. The van der Waals surface area contributed by atoms with Gasteiger partial charge in [-0.2, -0.15) is 0 Å². The second-order valence-electron chi connectivity index (χ2n) is 10.8. The fourth-order valence-corrected chi connectivity index (χ4v) is 5.35. The maximum atomic E-state index is 11.3. The van der Waals surface area contributed by atoms with E-state index in [9.17, 15) is 4.79 Å². The van der Waals surface area contributed by atoms with E-state index in [0.29, 0.717) is 30.5 Å². The summed E-state index contributed by atoms with van der Waals surface area (Å²) >= 11 is 6.88. The van der Waals surface area contributed by atoms with Crippen LogP contribution in [0.25, 0.3) is 0 Å². The molecule has 1 amide bonds. The first-order valence-electron chi connectivity index (χ1n) is 13.9. The Balaban J connectivity index is 1.61. The van der Waals surface area contributed by atoms with Crippen LogP contribution in [-0.4, -0.2) is 62.4 Å². The van der Waals surface area contributed by atoms with Crippen molar-refractivity contribution in [2.45, 2.75) is 96.8 Å².